The van der Waals surface area contributed by atoms with E-state index in [0.29, 0.717) is 5.69 Å². The van der Waals surface area contributed by atoms with Gasteiger partial charge in [-0.25, -0.2) is 0 Å². The van der Waals surface area contributed by atoms with Crippen molar-refractivity contribution in [1.29, 1.82) is 10.5 Å². The van der Waals surface area contributed by atoms with E-state index in [1.807, 2.05) is 19.9 Å². The maximum Gasteiger partial charge on any atom is 0.237 e. The highest BCUT2D eigenvalue weighted by molar-refractivity contribution is 9.11. The van der Waals surface area contributed by atoms with Crippen LogP contribution in [0.4, 0.5) is 5.69 Å². The number of rotatable bonds is 2. The summed E-state index contributed by atoms with van der Waals surface area (Å²) >= 11 is 6.90. The molecule has 17 heavy (non-hydrogen) atoms. The average molecular weight is 356 g/mol. The van der Waals surface area contributed by atoms with Gasteiger partial charge in [0.05, 0.1) is 5.69 Å². The number of nitriles is 2. The van der Waals surface area contributed by atoms with Crippen LogP contribution in [0.5, 0.6) is 0 Å². The molecule has 0 heterocycles. The molecule has 0 amide bonds. The molecule has 0 fully saturated rings. The first-order valence-electron chi connectivity index (χ1n) is 4.60. The SMILES string of the molecule is Cc1cc(NN=C(C#N)C#N)c(Br)c(C)c1Br. The van der Waals surface area contributed by atoms with Crippen LogP contribution in [0.1, 0.15) is 11.1 Å². The lowest BCUT2D eigenvalue weighted by Gasteiger charge is -2.10. The summed E-state index contributed by atoms with van der Waals surface area (Å²) < 4.78 is 1.86. The molecule has 1 aromatic rings. The van der Waals surface area contributed by atoms with Crippen LogP contribution in [-0.2, 0) is 0 Å². The largest absolute Gasteiger partial charge is 0.275 e. The Labute approximate surface area is 116 Å². The Morgan fingerprint density at radius 2 is 1.82 bits per heavy atom. The van der Waals surface area contributed by atoms with Gasteiger partial charge in [0.2, 0.25) is 5.71 Å². The highest BCUT2D eigenvalue weighted by Crippen LogP contribution is 2.34. The van der Waals surface area contributed by atoms with Crippen molar-refractivity contribution in [3.8, 4) is 12.1 Å². The van der Waals surface area contributed by atoms with Gasteiger partial charge >= 0.3 is 0 Å². The van der Waals surface area contributed by atoms with Gasteiger partial charge in [-0.15, -0.1) is 0 Å². The summed E-state index contributed by atoms with van der Waals surface area (Å²) in [5.41, 5.74) is 5.27. The van der Waals surface area contributed by atoms with E-state index in [0.717, 1.165) is 20.1 Å². The molecule has 6 heteroatoms. The number of halogens is 2. The van der Waals surface area contributed by atoms with Crippen molar-refractivity contribution in [1.82, 2.24) is 0 Å². The minimum atomic E-state index is -0.213. The molecule has 0 aliphatic heterocycles. The topological polar surface area (TPSA) is 72.0 Å². The lowest BCUT2D eigenvalue weighted by atomic mass is 10.1. The highest BCUT2D eigenvalue weighted by Gasteiger charge is 2.09. The second-order valence-corrected chi connectivity index (χ2v) is 4.88. The fourth-order valence-corrected chi connectivity index (χ4v) is 2.19. The van der Waals surface area contributed by atoms with E-state index >= 15 is 0 Å². The maximum atomic E-state index is 8.56. The van der Waals surface area contributed by atoms with Crippen molar-refractivity contribution < 1.29 is 0 Å². The number of benzene rings is 1. The van der Waals surface area contributed by atoms with Gasteiger partial charge in [-0.1, -0.05) is 15.9 Å². The molecule has 0 spiro atoms. The minimum Gasteiger partial charge on any atom is -0.275 e. The second kappa shape index (κ2) is 5.81. The Morgan fingerprint density at radius 3 is 2.35 bits per heavy atom. The molecule has 86 valence electrons. The highest BCUT2D eigenvalue weighted by atomic mass is 79.9. The lowest BCUT2D eigenvalue weighted by molar-refractivity contribution is 1.26. The van der Waals surface area contributed by atoms with Crippen molar-refractivity contribution in [2.24, 2.45) is 5.10 Å². The van der Waals surface area contributed by atoms with Gasteiger partial charge in [0.25, 0.3) is 0 Å². The Bertz CT molecular complexity index is 548. The molecule has 1 rings (SSSR count). The van der Waals surface area contributed by atoms with Crippen LogP contribution >= 0.6 is 31.9 Å². The van der Waals surface area contributed by atoms with Gasteiger partial charge in [-0.3, -0.25) is 5.43 Å². The number of nitrogens with zero attached hydrogens (tertiary/aromatic N) is 3. The van der Waals surface area contributed by atoms with Crippen molar-refractivity contribution in [2.75, 3.05) is 5.43 Å². The molecule has 0 unspecified atom stereocenters. The van der Waals surface area contributed by atoms with Crippen LogP contribution in [0.2, 0.25) is 0 Å². The summed E-state index contributed by atoms with van der Waals surface area (Å²) in [5.74, 6) is 0. The number of hydrogen-bond acceptors (Lipinski definition) is 4. The molecular weight excluding hydrogens is 348 g/mol. The van der Waals surface area contributed by atoms with Crippen LogP contribution in [0.15, 0.2) is 20.1 Å². The first-order valence-corrected chi connectivity index (χ1v) is 6.19. The summed E-state index contributed by atoms with van der Waals surface area (Å²) in [6.45, 7) is 3.90. The molecule has 0 atom stereocenters. The zero-order valence-corrected chi connectivity index (χ0v) is 12.3. The molecule has 1 N–H and O–H groups in total. The molecule has 0 aliphatic carbocycles. The molecular formula is C11H8Br2N4. The van der Waals surface area contributed by atoms with E-state index in [1.165, 1.54) is 0 Å². The number of hydrazone groups is 1. The van der Waals surface area contributed by atoms with Crippen LogP contribution in [0.25, 0.3) is 0 Å². The van der Waals surface area contributed by atoms with E-state index in [1.54, 1.807) is 12.1 Å². The molecule has 0 radical (unpaired) electrons. The van der Waals surface area contributed by atoms with E-state index in [2.05, 4.69) is 42.4 Å². The Hall–Kier alpha value is -1.37. The summed E-state index contributed by atoms with van der Waals surface area (Å²) in [6.07, 6.45) is 0. The van der Waals surface area contributed by atoms with Crippen molar-refractivity contribution in [2.45, 2.75) is 13.8 Å². The standard InChI is InChI=1S/C11H8Br2N4/c1-6-3-9(11(13)7(2)10(6)12)17-16-8(4-14)5-15/h3,17H,1-2H3. The van der Waals surface area contributed by atoms with E-state index < -0.39 is 0 Å². The molecule has 1 aromatic carbocycles. The number of aryl methyl sites for hydroxylation is 1. The Kier molecular flexibility index (Phi) is 4.68. The normalized spacial score (nSPS) is 9.06. The average Bonchev–Trinajstić information content (AvgIpc) is 2.33. The van der Waals surface area contributed by atoms with Crippen LogP contribution in [-0.4, -0.2) is 5.71 Å². The van der Waals surface area contributed by atoms with Gasteiger partial charge < -0.3 is 0 Å². The predicted octanol–water partition coefficient (Wildman–Crippen LogP) is 3.64. The van der Waals surface area contributed by atoms with Crippen LogP contribution in [0, 0.1) is 36.5 Å². The summed E-state index contributed by atoms with van der Waals surface area (Å²) in [6, 6.07) is 5.24. The maximum absolute atomic E-state index is 8.56. The smallest absolute Gasteiger partial charge is 0.237 e. The second-order valence-electron chi connectivity index (χ2n) is 3.29. The zero-order chi connectivity index (χ0) is 13.0. The first-order chi connectivity index (χ1) is 8.01. The van der Waals surface area contributed by atoms with Gasteiger partial charge in [0.1, 0.15) is 12.1 Å². The summed E-state index contributed by atoms with van der Waals surface area (Å²) in [7, 11) is 0. The van der Waals surface area contributed by atoms with Gasteiger partial charge in [-0.2, -0.15) is 15.6 Å². The van der Waals surface area contributed by atoms with Crippen LogP contribution < -0.4 is 5.43 Å². The minimum absolute atomic E-state index is 0.213. The van der Waals surface area contributed by atoms with Gasteiger partial charge in [-0.05, 0) is 47.0 Å². The molecule has 0 aromatic heterocycles. The fraction of sp³-hybridized carbons (Fsp3) is 0.182. The van der Waals surface area contributed by atoms with Gasteiger partial charge in [0.15, 0.2) is 0 Å². The summed E-state index contributed by atoms with van der Waals surface area (Å²) in [4.78, 5) is 0. The van der Waals surface area contributed by atoms with Crippen molar-refractivity contribution in [3.05, 3.63) is 26.1 Å². The molecule has 4 nitrogen and oxygen atoms in total. The van der Waals surface area contributed by atoms with Crippen molar-refractivity contribution >= 4 is 43.3 Å². The third kappa shape index (κ3) is 3.06. The van der Waals surface area contributed by atoms with E-state index in [9.17, 15) is 0 Å². The number of hydrogen-bond donors (Lipinski definition) is 1. The fourth-order valence-electron chi connectivity index (χ4n) is 1.21. The third-order valence-corrected chi connectivity index (χ3v) is 4.34. The van der Waals surface area contributed by atoms with E-state index in [-0.39, 0.29) is 5.71 Å². The zero-order valence-electron chi connectivity index (χ0n) is 9.17. The quantitative estimate of drug-likeness (QED) is 0.650. The van der Waals surface area contributed by atoms with E-state index in [4.69, 9.17) is 10.5 Å². The third-order valence-electron chi connectivity index (χ3n) is 2.10. The molecule has 0 aliphatic rings. The Balaban J connectivity index is 3.15. The summed E-state index contributed by atoms with van der Waals surface area (Å²) in [5, 5.41) is 20.8. The number of anilines is 1. The Morgan fingerprint density at radius 1 is 1.24 bits per heavy atom. The number of nitrogens with one attached hydrogen (secondary N) is 1. The first kappa shape index (κ1) is 13.7. The van der Waals surface area contributed by atoms with Crippen LogP contribution in [0.3, 0.4) is 0 Å². The van der Waals surface area contributed by atoms with Crippen molar-refractivity contribution in [3.63, 3.8) is 0 Å². The lowest BCUT2D eigenvalue weighted by Crippen LogP contribution is -1.99. The molecule has 0 saturated carbocycles. The van der Waals surface area contributed by atoms with Gasteiger partial charge in [0, 0.05) is 8.95 Å². The molecule has 0 bridgehead atoms. The monoisotopic (exact) mass is 354 g/mol. The predicted molar refractivity (Wildman–Crippen MR) is 73.6 cm³/mol. The molecule has 0 saturated heterocycles.